The average molecular weight is 355 g/mol. The molecular formula is C16H18BN5O4. The number of carboxylic acid groups (broad SMARTS) is 1. The molecule has 5 N–H and O–H groups in total. The first-order chi connectivity index (χ1) is 12.4. The van der Waals surface area contributed by atoms with E-state index >= 15 is 0 Å². The van der Waals surface area contributed by atoms with Gasteiger partial charge in [-0.3, -0.25) is 10.1 Å². The molecule has 0 saturated carbocycles. The number of fused-ring (bicyclic) bond motifs is 2. The number of hydrogen-bond donors (Lipinski definition) is 4. The molecule has 9 nitrogen and oxygen atoms in total. The molecule has 10 heteroatoms. The molecule has 0 atom stereocenters. The van der Waals surface area contributed by atoms with E-state index in [0.717, 1.165) is 16.8 Å². The van der Waals surface area contributed by atoms with Crippen molar-refractivity contribution in [3.05, 3.63) is 46.3 Å². The van der Waals surface area contributed by atoms with E-state index in [1.165, 1.54) is 0 Å². The number of hydrogen-bond acceptors (Lipinski definition) is 5. The fourth-order valence-corrected chi connectivity index (χ4v) is 3.47. The van der Waals surface area contributed by atoms with Gasteiger partial charge in [0, 0.05) is 18.3 Å². The summed E-state index contributed by atoms with van der Waals surface area (Å²) in [5.74, 6) is -0.835. The van der Waals surface area contributed by atoms with Crippen LogP contribution in [0.3, 0.4) is 0 Å². The van der Waals surface area contributed by atoms with Crippen molar-refractivity contribution >= 4 is 19.0 Å². The third-order valence-corrected chi connectivity index (χ3v) is 4.75. The summed E-state index contributed by atoms with van der Waals surface area (Å²) < 4.78 is 7.10. The largest absolute Gasteiger partial charge is 0.535 e. The summed E-state index contributed by atoms with van der Waals surface area (Å²) in [4.78, 5) is 13.5. The van der Waals surface area contributed by atoms with Gasteiger partial charge in [-0.25, -0.2) is 4.79 Å². The van der Waals surface area contributed by atoms with Gasteiger partial charge < -0.3 is 25.4 Å². The van der Waals surface area contributed by atoms with Gasteiger partial charge in [0.15, 0.2) is 5.96 Å². The number of rotatable bonds is 3. The maximum Gasteiger partial charge on any atom is 0.522 e. The lowest BCUT2D eigenvalue weighted by Crippen LogP contribution is -2.32. The highest BCUT2D eigenvalue weighted by atomic mass is 16.5. The highest BCUT2D eigenvalue weighted by Crippen LogP contribution is 2.33. The van der Waals surface area contributed by atoms with Gasteiger partial charge in [-0.15, -0.1) is 0 Å². The van der Waals surface area contributed by atoms with Gasteiger partial charge in [-0.05, 0) is 23.9 Å². The lowest BCUT2D eigenvalue weighted by molar-refractivity contribution is 0.0693. The first-order valence-corrected chi connectivity index (χ1v) is 8.29. The molecule has 26 heavy (non-hydrogen) atoms. The zero-order chi connectivity index (χ0) is 18.4. The SMILES string of the molecule is N=C(N)N1Cc2cn(Cc3ccc4c(c3C(=O)O)OB(O)CC4)nc2C1. The maximum absolute atomic E-state index is 11.8. The fraction of sp³-hybridized carbons (Fsp3) is 0.312. The molecule has 0 bridgehead atoms. The Labute approximate surface area is 149 Å². The van der Waals surface area contributed by atoms with Crippen LogP contribution in [0.5, 0.6) is 5.75 Å². The predicted molar refractivity (Wildman–Crippen MR) is 93.0 cm³/mol. The number of nitrogens with one attached hydrogen (secondary N) is 1. The normalized spacial score (nSPS) is 15.4. The number of aromatic nitrogens is 2. The van der Waals surface area contributed by atoms with E-state index in [1.807, 2.05) is 12.3 Å². The standard InChI is InChI=1S/C16H18BN5O4/c18-16(19)21-5-11-7-22(20-12(11)8-21)6-10-2-1-9-3-4-17(25)26-14(9)13(10)15(23)24/h1-2,7,25H,3-6,8H2,(H3,18,19)(H,23,24). The molecule has 2 aliphatic rings. The van der Waals surface area contributed by atoms with E-state index in [4.69, 9.17) is 15.8 Å². The molecule has 0 saturated heterocycles. The van der Waals surface area contributed by atoms with Crippen LogP contribution in [0.2, 0.25) is 6.32 Å². The molecule has 0 radical (unpaired) electrons. The van der Waals surface area contributed by atoms with Crippen molar-refractivity contribution in [3.63, 3.8) is 0 Å². The molecule has 0 amide bonds. The second kappa shape index (κ2) is 6.06. The molecule has 0 unspecified atom stereocenters. The molecule has 0 aliphatic carbocycles. The van der Waals surface area contributed by atoms with E-state index in [1.54, 1.807) is 15.6 Å². The Balaban J connectivity index is 1.64. The molecule has 1 aromatic carbocycles. The van der Waals surface area contributed by atoms with Crippen LogP contribution in [-0.4, -0.2) is 43.9 Å². The monoisotopic (exact) mass is 355 g/mol. The van der Waals surface area contributed by atoms with Crippen LogP contribution >= 0.6 is 0 Å². The number of aryl methyl sites for hydroxylation is 1. The predicted octanol–water partition coefficient (Wildman–Crippen LogP) is 0.254. The van der Waals surface area contributed by atoms with Gasteiger partial charge in [0.2, 0.25) is 0 Å². The summed E-state index contributed by atoms with van der Waals surface area (Å²) in [6.07, 6.45) is 2.87. The topological polar surface area (TPSA) is 138 Å². The lowest BCUT2D eigenvalue weighted by atomic mass is 9.78. The summed E-state index contributed by atoms with van der Waals surface area (Å²) in [5, 5.41) is 31.4. The van der Waals surface area contributed by atoms with Crippen molar-refractivity contribution in [3.8, 4) is 5.75 Å². The highest BCUT2D eigenvalue weighted by Gasteiger charge is 2.30. The smallest absolute Gasteiger partial charge is 0.522 e. The maximum atomic E-state index is 11.8. The van der Waals surface area contributed by atoms with Crippen molar-refractivity contribution in [2.24, 2.45) is 5.73 Å². The molecule has 1 aromatic heterocycles. The van der Waals surface area contributed by atoms with Crippen LogP contribution < -0.4 is 10.4 Å². The lowest BCUT2D eigenvalue weighted by Gasteiger charge is -2.23. The number of nitrogens with two attached hydrogens (primary N) is 1. The molecule has 4 rings (SSSR count). The number of nitrogens with zero attached hydrogens (tertiary/aromatic N) is 3. The van der Waals surface area contributed by atoms with Crippen LogP contribution in [0.15, 0.2) is 18.3 Å². The summed E-state index contributed by atoms with van der Waals surface area (Å²) in [7, 11) is -0.984. The van der Waals surface area contributed by atoms with E-state index in [0.29, 0.717) is 31.4 Å². The number of carbonyl (C=O) groups is 1. The Morgan fingerprint density at radius 2 is 2.19 bits per heavy atom. The van der Waals surface area contributed by atoms with E-state index in [9.17, 15) is 14.9 Å². The second-order valence-electron chi connectivity index (χ2n) is 6.54. The van der Waals surface area contributed by atoms with Crippen LogP contribution in [-0.2, 0) is 26.1 Å². The Kier molecular flexibility index (Phi) is 3.84. The molecule has 3 heterocycles. The van der Waals surface area contributed by atoms with Gasteiger partial charge in [0.05, 0.1) is 18.8 Å². The van der Waals surface area contributed by atoms with Crippen molar-refractivity contribution in [2.45, 2.75) is 32.4 Å². The Morgan fingerprint density at radius 3 is 2.88 bits per heavy atom. The molecular weight excluding hydrogens is 337 g/mol. The summed E-state index contributed by atoms with van der Waals surface area (Å²) in [6.45, 7) is 1.28. The quantitative estimate of drug-likeness (QED) is 0.352. The third-order valence-electron chi connectivity index (χ3n) is 4.75. The molecule has 134 valence electrons. The van der Waals surface area contributed by atoms with Gasteiger partial charge in [0.25, 0.3) is 0 Å². The third kappa shape index (κ3) is 2.78. The Hall–Kier alpha value is -3.01. The van der Waals surface area contributed by atoms with E-state index in [-0.39, 0.29) is 23.8 Å². The van der Waals surface area contributed by atoms with Gasteiger partial charge in [-0.2, -0.15) is 5.10 Å². The van der Waals surface area contributed by atoms with Gasteiger partial charge in [-0.1, -0.05) is 12.1 Å². The zero-order valence-electron chi connectivity index (χ0n) is 14.0. The molecule has 2 aliphatic heterocycles. The minimum absolute atomic E-state index is 0.00751. The van der Waals surface area contributed by atoms with E-state index in [2.05, 4.69) is 5.10 Å². The van der Waals surface area contributed by atoms with Crippen LogP contribution in [0.1, 0.15) is 32.7 Å². The van der Waals surface area contributed by atoms with Gasteiger partial charge in [0.1, 0.15) is 11.3 Å². The van der Waals surface area contributed by atoms with Crippen LogP contribution in [0, 0.1) is 5.41 Å². The number of aromatic carboxylic acids is 1. The van der Waals surface area contributed by atoms with Crippen molar-refractivity contribution in [1.82, 2.24) is 14.7 Å². The van der Waals surface area contributed by atoms with Crippen molar-refractivity contribution in [1.29, 1.82) is 5.41 Å². The second-order valence-corrected chi connectivity index (χ2v) is 6.54. The minimum atomic E-state index is -1.09. The summed E-state index contributed by atoms with van der Waals surface area (Å²) in [6, 6.07) is 3.62. The zero-order valence-corrected chi connectivity index (χ0v) is 14.0. The Morgan fingerprint density at radius 1 is 1.38 bits per heavy atom. The first-order valence-electron chi connectivity index (χ1n) is 8.29. The van der Waals surface area contributed by atoms with Crippen molar-refractivity contribution < 1.29 is 19.6 Å². The molecule has 0 spiro atoms. The Bertz CT molecular complexity index is 889. The first kappa shape index (κ1) is 16.5. The highest BCUT2D eigenvalue weighted by molar-refractivity contribution is 6.44. The summed E-state index contributed by atoms with van der Waals surface area (Å²) in [5.41, 5.74) is 8.74. The number of guanidine groups is 1. The number of carboxylic acids is 1. The van der Waals surface area contributed by atoms with Crippen LogP contribution in [0.25, 0.3) is 0 Å². The average Bonchev–Trinajstić information content (AvgIpc) is 3.12. The number of benzene rings is 1. The van der Waals surface area contributed by atoms with Crippen molar-refractivity contribution in [2.75, 3.05) is 0 Å². The minimum Gasteiger partial charge on any atom is -0.535 e. The van der Waals surface area contributed by atoms with Crippen LogP contribution in [0.4, 0.5) is 0 Å². The van der Waals surface area contributed by atoms with Gasteiger partial charge >= 0.3 is 13.1 Å². The summed E-state index contributed by atoms with van der Waals surface area (Å²) >= 11 is 0. The molecule has 2 aromatic rings. The van der Waals surface area contributed by atoms with E-state index < -0.39 is 13.1 Å². The molecule has 0 fully saturated rings. The fourth-order valence-electron chi connectivity index (χ4n) is 3.47.